The zero-order valence-electron chi connectivity index (χ0n) is 12.9. The number of aliphatic hydroxyl groups is 1. The predicted octanol–water partition coefficient (Wildman–Crippen LogP) is 2.66. The highest BCUT2D eigenvalue weighted by Gasteiger charge is 2.20. The lowest BCUT2D eigenvalue weighted by molar-refractivity contribution is -0.138. The van der Waals surface area contributed by atoms with Crippen molar-refractivity contribution in [2.24, 2.45) is 5.92 Å². The van der Waals surface area contributed by atoms with Gasteiger partial charge in [0.15, 0.2) is 11.5 Å². The Balaban J connectivity index is 3.17. The minimum absolute atomic E-state index is 0.0601. The molecule has 1 aromatic rings. The van der Waals surface area contributed by atoms with Gasteiger partial charge in [0.25, 0.3) is 0 Å². The average molecular weight is 294 g/mol. The zero-order chi connectivity index (χ0) is 15.8. The molecule has 0 aromatic heterocycles. The zero-order valence-corrected chi connectivity index (χ0v) is 12.9. The van der Waals surface area contributed by atoms with Gasteiger partial charge < -0.3 is 19.3 Å². The van der Waals surface area contributed by atoms with Crippen LogP contribution < -0.4 is 14.2 Å². The van der Waals surface area contributed by atoms with Crippen molar-refractivity contribution < 1.29 is 24.1 Å². The van der Waals surface area contributed by atoms with Gasteiger partial charge >= 0.3 is 5.97 Å². The highest BCUT2D eigenvalue weighted by Crippen LogP contribution is 2.39. The van der Waals surface area contributed by atoms with Crippen LogP contribution in [0.1, 0.15) is 25.8 Å². The number of aliphatic hydroxyl groups excluding tert-OH is 1. The van der Waals surface area contributed by atoms with E-state index in [0.717, 1.165) is 5.56 Å². The van der Waals surface area contributed by atoms with Crippen molar-refractivity contribution >= 4 is 12.0 Å². The Bertz CT molecular complexity index is 482. The largest absolute Gasteiger partial charge is 0.493 e. The molecule has 0 unspecified atom stereocenters. The number of methoxy groups -OCH3 is 2. The molecular weight excluding hydrogens is 272 g/mol. The van der Waals surface area contributed by atoms with Crippen LogP contribution in [0.4, 0.5) is 0 Å². The van der Waals surface area contributed by atoms with Crippen LogP contribution in [-0.4, -0.2) is 31.9 Å². The lowest BCUT2D eigenvalue weighted by Crippen LogP contribution is -2.17. The smallest absolute Gasteiger partial charge is 0.314 e. The molecule has 0 heterocycles. The fourth-order valence-electron chi connectivity index (χ4n) is 1.65. The molecule has 21 heavy (non-hydrogen) atoms. The average Bonchev–Trinajstić information content (AvgIpc) is 2.52. The number of esters is 1. The van der Waals surface area contributed by atoms with E-state index < -0.39 is 0 Å². The molecule has 116 valence electrons. The monoisotopic (exact) mass is 294 g/mol. The number of benzene rings is 1. The fraction of sp³-hybridized carbons (Fsp3) is 0.438. The third kappa shape index (κ3) is 4.49. The summed E-state index contributed by atoms with van der Waals surface area (Å²) in [7, 11) is 2.99. The van der Waals surface area contributed by atoms with Gasteiger partial charge in [0, 0.05) is 0 Å². The maximum absolute atomic E-state index is 12.0. The second-order valence-electron chi connectivity index (χ2n) is 4.57. The van der Waals surface area contributed by atoms with Crippen molar-refractivity contribution in [3.8, 4) is 17.2 Å². The molecule has 0 saturated carbocycles. The molecule has 0 bridgehead atoms. The van der Waals surface area contributed by atoms with Gasteiger partial charge in [0.05, 0.1) is 26.7 Å². The predicted molar refractivity (Wildman–Crippen MR) is 80.8 cm³/mol. The molecule has 5 heteroatoms. The van der Waals surface area contributed by atoms with E-state index in [4.69, 9.17) is 19.3 Å². The highest BCUT2D eigenvalue weighted by atomic mass is 16.6. The first-order valence-corrected chi connectivity index (χ1v) is 6.82. The van der Waals surface area contributed by atoms with E-state index in [1.54, 1.807) is 31.2 Å². The van der Waals surface area contributed by atoms with E-state index >= 15 is 0 Å². The maximum Gasteiger partial charge on any atom is 0.314 e. The normalized spacial score (nSPS) is 12.2. The first-order chi connectivity index (χ1) is 10.1. The lowest BCUT2D eigenvalue weighted by atomic mass is 10.1. The number of ether oxygens (including phenoxy) is 3. The number of hydrogen-bond donors (Lipinski definition) is 1. The molecule has 1 aromatic carbocycles. The van der Waals surface area contributed by atoms with E-state index in [1.807, 2.05) is 6.92 Å². The van der Waals surface area contributed by atoms with E-state index in [2.05, 4.69) is 0 Å². The minimum Gasteiger partial charge on any atom is -0.493 e. The topological polar surface area (TPSA) is 65.0 Å². The van der Waals surface area contributed by atoms with Crippen molar-refractivity contribution in [2.75, 3.05) is 20.8 Å². The van der Waals surface area contributed by atoms with Crippen molar-refractivity contribution in [3.05, 3.63) is 23.8 Å². The molecular formula is C16H22O5. The van der Waals surface area contributed by atoms with Crippen LogP contribution >= 0.6 is 0 Å². The summed E-state index contributed by atoms with van der Waals surface area (Å²) in [6, 6.07) is 3.43. The van der Waals surface area contributed by atoms with Crippen LogP contribution in [0.15, 0.2) is 18.2 Å². The van der Waals surface area contributed by atoms with Gasteiger partial charge in [-0.1, -0.05) is 26.0 Å². The van der Waals surface area contributed by atoms with Gasteiger partial charge in [0.2, 0.25) is 5.75 Å². The van der Waals surface area contributed by atoms with Crippen molar-refractivity contribution in [1.29, 1.82) is 0 Å². The fourth-order valence-corrected chi connectivity index (χ4v) is 1.65. The quantitative estimate of drug-likeness (QED) is 0.618. The Labute approximate surface area is 125 Å². The molecule has 1 atom stereocenters. The summed E-state index contributed by atoms with van der Waals surface area (Å²) in [5.41, 5.74) is 0.779. The number of carbonyl (C=O) groups is 1. The number of rotatable bonds is 7. The number of hydrogen-bond acceptors (Lipinski definition) is 5. The molecule has 0 amide bonds. The molecule has 0 spiro atoms. The van der Waals surface area contributed by atoms with Crippen LogP contribution in [0.5, 0.6) is 17.2 Å². The molecule has 0 saturated heterocycles. The van der Waals surface area contributed by atoms with Gasteiger partial charge in [-0.25, -0.2) is 0 Å². The number of carbonyl (C=O) groups excluding carboxylic acids is 1. The van der Waals surface area contributed by atoms with Gasteiger partial charge in [0.1, 0.15) is 0 Å². The Hall–Kier alpha value is -2.01. The molecule has 0 radical (unpaired) electrons. The van der Waals surface area contributed by atoms with Gasteiger partial charge in [-0.2, -0.15) is 0 Å². The molecule has 1 N–H and O–H groups in total. The van der Waals surface area contributed by atoms with Crippen LogP contribution in [0.25, 0.3) is 6.08 Å². The summed E-state index contributed by atoms with van der Waals surface area (Å²) in [4.78, 5) is 12.0. The summed E-state index contributed by atoms with van der Waals surface area (Å²) in [6.45, 7) is 3.66. The Morgan fingerprint density at radius 3 is 2.29 bits per heavy atom. The second-order valence-corrected chi connectivity index (χ2v) is 4.57. The van der Waals surface area contributed by atoms with Gasteiger partial charge in [-0.3, -0.25) is 4.79 Å². The molecule has 5 nitrogen and oxygen atoms in total. The Morgan fingerprint density at radius 2 is 1.86 bits per heavy atom. The van der Waals surface area contributed by atoms with Crippen molar-refractivity contribution in [2.45, 2.75) is 20.3 Å². The van der Waals surface area contributed by atoms with E-state index in [-0.39, 0.29) is 24.2 Å². The van der Waals surface area contributed by atoms with Crippen LogP contribution in [0.2, 0.25) is 0 Å². The van der Waals surface area contributed by atoms with Crippen LogP contribution in [0, 0.1) is 5.92 Å². The first-order valence-electron chi connectivity index (χ1n) is 6.82. The molecule has 1 rings (SSSR count). The summed E-state index contributed by atoms with van der Waals surface area (Å²) in [5, 5.41) is 8.82. The molecule has 0 aliphatic heterocycles. The van der Waals surface area contributed by atoms with Crippen molar-refractivity contribution in [1.82, 2.24) is 0 Å². The third-order valence-corrected chi connectivity index (χ3v) is 3.12. The van der Waals surface area contributed by atoms with Crippen molar-refractivity contribution in [3.63, 3.8) is 0 Å². The summed E-state index contributed by atoms with van der Waals surface area (Å²) in [6.07, 6.45) is 4.02. The molecule has 0 aliphatic carbocycles. The lowest BCUT2D eigenvalue weighted by Gasteiger charge is -2.16. The second kappa shape index (κ2) is 8.32. The highest BCUT2D eigenvalue weighted by molar-refractivity contribution is 5.77. The van der Waals surface area contributed by atoms with Crippen LogP contribution in [-0.2, 0) is 4.79 Å². The van der Waals surface area contributed by atoms with E-state index in [9.17, 15) is 4.79 Å². The Morgan fingerprint density at radius 1 is 1.29 bits per heavy atom. The molecule has 0 fully saturated rings. The maximum atomic E-state index is 12.0. The first kappa shape index (κ1) is 17.0. The van der Waals surface area contributed by atoms with E-state index in [0.29, 0.717) is 17.9 Å². The summed E-state index contributed by atoms with van der Waals surface area (Å²) in [5.74, 6) is 0.555. The minimum atomic E-state index is -0.326. The van der Waals surface area contributed by atoms with E-state index in [1.165, 1.54) is 14.2 Å². The van der Waals surface area contributed by atoms with Gasteiger partial charge in [-0.05, 0) is 24.1 Å². The SMILES string of the molecule is CC[C@H](C)C(=O)Oc1c(OC)cc(/C=C/CO)cc1OC. The Kier molecular flexibility index (Phi) is 6.75. The summed E-state index contributed by atoms with van der Waals surface area (Å²) < 4.78 is 15.9. The third-order valence-electron chi connectivity index (χ3n) is 3.12. The summed E-state index contributed by atoms with van der Waals surface area (Å²) >= 11 is 0. The van der Waals surface area contributed by atoms with Crippen LogP contribution in [0.3, 0.4) is 0 Å². The molecule has 0 aliphatic rings. The van der Waals surface area contributed by atoms with Gasteiger partial charge in [-0.15, -0.1) is 0 Å². The standard InChI is InChI=1S/C16H22O5/c1-5-11(2)16(18)21-15-13(19-3)9-12(7-6-8-17)10-14(15)20-4/h6-7,9-11,17H,5,8H2,1-4H3/b7-6+/t11-/m0/s1.